The van der Waals surface area contributed by atoms with E-state index in [1.807, 2.05) is 0 Å². The Kier molecular flexibility index (Phi) is 2.13. The highest BCUT2D eigenvalue weighted by Crippen LogP contribution is 2.38. The van der Waals surface area contributed by atoms with Crippen LogP contribution in [0.15, 0.2) is 30.3 Å². The first-order chi connectivity index (χ1) is 9.02. The largest absolute Gasteiger partial charge is 0.507 e. The number of carbonyl (C=O) groups is 2. The van der Waals surface area contributed by atoms with Crippen LogP contribution in [0.5, 0.6) is 11.5 Å². The van der Waals surface area contributed by atoms with Gasteiger partial charge in [-0.3, -0.25) is 9.59 Å². The summed E-state index contributed by atoms with van der Waals surface area (Å²) in [7, 11) is 0. The normalized spacial score (nSPS) is 13.1. The zero-order valence-corrected chi connectivity index (χ0v) is 9.68. The lowest BCUT2D eigenvalue weighted by atomic mass is 9.82. The van der Waals surface area contributed by atoms with Crippen LogP contribution in [0.2, 0.25) is 0 Å². The molecule has 94 valence electrons. The van der Waals surface area contributed by atoms with E-state index < -0.39 is 11.6 Å². The summed E-state index contributed by atoms with van der Waals surface area (Å²) in [6.45, 7) is 0. The second kappa shape index (κ2) is 3.58. The Morgan fingerprint density at radius 3 is 2.21 bits per heavy atom. The standard InChI is InChI=1S/C14H9NO4/c15-7-4-5-9(17)12-11(7)14(19)10-6(13(12)18)2-1-3-8(10)16/h1-5,16-17H,15H2. The number of rotatable bonds is 0. The van der Waals surface area contributed by atoms with Gasteiger partial charge >= 0.3 is 0 Å². The highest BCUT2D eigenvalue weighted by atomic mass is 16.3. The number of ketones is 2. The fourth-order valence-corrected chi connectivity index (χ4v) is 2.31. The molecule has 0 heterocycles. The summed E-state index contributed by atoms with van der Waals surface area (Å²) < 4.78 is 0. The quantitative estimate of drug-likeness (QED) is 0.417. The molecule has 0 saturated heterocycles. The zero-order valence-electron chi connectivity index (χ0n) is 9.68. The SMILES string of the molecule is Nc1ccc(O)c2c1C(=O)c1c(O)cccc1C2=O. The average molecular weight is 255 g/mol. The summed E-state index contributed by atoms with van der Waals surface area (Å²) in [5, 5.41) is 19.5. The van der Waals surface area contributed by atoms with Crippen molar-refractivity contribution in [1.82, 2.24) is 0 Å². The first kappa shape index (κ1) is 11.3. The van der Waals surface area contributed by atoms with Crippen molar-refractivity contribution >= 4 is 17.3 Å². The van der Waals surface area contributed by atoms with Crippen LogP contribution in [0.4, 0.5) is 5.69 Å². The molecular formula is C14H9NO4. The van der Waals surface area contributed by atoms with E-state index >= 15 is 0 Å². The highest BCUT2D eigenvalue weighted by molar-refractivity contribution is 6.31. The third kappa shape index (κ3) is 1.35. The predicted octanol–water partition coefficient (Wildman–Crippen LogP) is 1.46. The molecule has 0 aromatic heterocycles. The molecule has 0 radical (unpaired) electrons. The van der Waals surface area contributed by atoms with Gasteiger partial charge < -0.3 is 15.9 Å². The van der Waals surface area contributed by atoms with Crippen LogP contribution in [0.1, 0.15) is 31.8 Å². The van der Waals surface area contributed by atoms with E-state index in [0.29, 0.717) is 0 Å². The third-order valence-corrected chi connectivity index (χ3v) is 3.18. The van der Waals surface area contributed by atoms with Crippen molar-refractivity contribution in [2.75, 3.05) is 5.73 Å². The molecular weight excluding hydrogens is 246 g/mol. The molecule has 5 heteroatoms. The Hall–Kier alpha value is -2.82. The highest BCUT2D eigenvalue weighted by Gasteiger charge is 2.35. The summed E-state index contributed by atoms with van der Waals surface area (Å²) in [4.78, 5) is 24.6. The van der Waals surface area contributed by atoms with Gasteiger partial charge in [0.05, 0.1) is 16.7 Å². The minimum Gasteiger partial charge on any atom is -0.507 e. The number of phenolic OH excluding ortho intramolecular Hbond substituents is 2. The molecule has 1 aliphatic carbocycles. The molecule has 0 bridgehead atoms. The Balaban J connectivity index is 2.43. The van der Waals surface area contributed by atoms with Gasteiger partial charge in [0.2, 0.25) is 0 Å². The molecule has 5 nitrogen and oxygen atoms in total. The number of hydrogen-bond acceptors (Lipinski definition) is 5. The summed E-state index contributed by atoms with van der Waals surface area (Å²) >= 11 is 0. The van der Waals surface area contributed by atoms with Crippen LogP contribution in [0.25, 0.3) is 0 Å². The van der Waals surface area contributed by atoms with Gasteiger partial charge in [0.25, 0.3) is 0 Å². The summed E-state index contributed by atoms with van der Waals surface area (Å²) in [6, 6.07) is 6.85. The van der Waals surface area contributed by atoms with Gasteiger partial charge in [-0.15, -0.1) is 0 Å². The molecule has 0 amide bonds. The van der Waals surface area contributed by atoms with Gasteiger partial charge in [0.15, 0.2) is 11.6 Å². The predicted molar refractivity (Wildman–Crippen MR) is 67.5 cm³/mol. The van der Waals surface area contributed by atoms with Crippen molar-refractivity contribution in [2.24, 2.45) is 0 Å². The van der Waals surface area contributed by atoms with E-state index in [1.165, 1.54) is 30.3 Å². The van der Waals surface area contributed by atoms with E-state index in [4.69, 9.17) is 5.73 Å². The van der Waals surface area contributed by atoms with Crippen LogP contribution in [-0.4, -0.2) is 21.8 Å². The maximum absolute atomic E-state index is 12.3. The van der Waals surface area contributed by atoms with E-state index in [2.05, 4.69) is 0 Å². The zero-order chi connectivity index (χ0) is 13.7. The Morgan fingerprint density at radius 1 is 0.789 bits per heavy atom. The topological polar surface area (TPSA) is 101 Å². The minimum absolute atomic E-state index is 0.0565. The number of fused-ring (bicyclic) bond motifs is 2. The van der Waals surface area contributed by atoms with Crippen LogP contribution in [-0.2, 0) is 0 Å². The van der Waals surface area contributed by atoms with Crippen LogP contribution >= 0.6 is 0 Å². The molecule has 0 aliphatic heterocycles. The smallest absolute Gasteiger partial charge is 0.200 e. The third-order valence-electron chi connectivity index (χ3n) is 3.18. The fourth-order valence-electron chi connectivity index (χ4n) is 2.31. The second-order valence-electron chi connectivity index (χ2n) is 4.28. The number of nitrogens with two attached hydrogens (primary N) is 1. The molecule has 0 fully saturated rings. The second-order valence-corrected chi connectivity index (χ2v) is 4.28. The van der Waals surface area contributed by atoms with Crippen LogP contribution < -0.4 is 5.73 Å². The van der Waals surface area contributed by atoms with Crippen LogP contribution in [0, 0.1) is 0 Å². The molecule has 0 atom stereocenters. The minimum atomic E-state index is -0.559. The lowest BCUT2D eigenvalue weighted by Crippen LogP contribution is -2.22. The van der Waals surface area contributed by atoms with Crippen molar-refractivity contribution in [3.8, 4) is 11.5 Å². The Labute approximate surface area is 107 Å². The van der Waals surface area contributed by atoms with Crippen molar-refractivity contribution in [1.29, 1.82) is 0 Å². The van der Waals surface area contributed by atoms with Crippen molar-refractivity contribution in [3.05, 3.63) is 52.6 Å². The number of anilines is 1. The van der Waals surface area contributed by atoms with E-state index in [0.717, 1.165) is 0 Å². The van der Waals surface area contributed by atoms with Gasteiger partial charge in [-0.05, 0) is 18.2 Å². The first-order valence-corrected chi connectivity index (χ1v) is 5.55. The molecule has 1 aliphatic rings. The molecule has 19 heavy (non-hydrogen) atoms. The number of carbonyl (C=O) groups excluding carboxylic acids is 2. The number of nitrogen functional groups attached to an aromatic ring is 1. The monoisotopic (exact) mass is 255 g/mol. The van der Waals surface area contributed by atoms with Gasteiger partial charge in [-0.1, -0.05) is 12.1 Å². The van der Waals surface area contributed by atoms with E-state index in [-0.39, 0.29) is 39.4 Å². The first-order valence-electron chi connectivity index (χ1n) is 5.55. The maximum atomic E-state index is 12.3. The molecule has 0 spiro atoms. The van der Waals surface area contributed by atoms with Crippen molar-refractivity contribution < 1.29 is 19.8 Å². The van der Waals surface area contributed by atoms with E-state index in [1.54, 1.807) is 0 Å². The number of aromatic hydroxyl groups is 2. The molecule has 4 N–H and O–H groups in total. The molecule has 0 unspecified atom stereocenters. The molecule has 2 aromatic carbocycles. The lowest BCUT2D eigenvalue weighted by molar-refractivity contribution is 0.0975. The number of hydrogen-bond donors (Lipinski definition) is 3. The Bertz CT molecular complexity index is 749. The van der Waals surface area contributed by atoms with Gasteiger partial charge in [-0.25, -0.2) is 0 Å². The molecule has 2 aromatic rings. The average Bonchev–Trinajstić information content (AvgIpc) is 2.38. The summed E-state index contributed by atoms with van der Waals surface area (Å²) in [5.41, 5.74) is 5.63. The van der Waals surface area contributed by atoms with Gasteiger partial charge in [-0.2, -0.15) is 0 Å². The summed E-state index contributed by atoms with van der Waals surface area (Å²) in [5.74, 6) is -1.65. The molecule has 0 saturated carbocycles. The number of benzene rings is 2. The fraction of sp³-hybridized carbons (Fsp3) is 0. The van der Waals surface area contributed by atoms with Gasteiger partial charge in [0.1, 0.15) is 11.5 Å². The van der Waals surface area contributed by atoms with Crippen LogP contribution in [0.3, 0.4) is 0 Å². The number of phenols is 2. The molecule has 3 rings (SSSR count). The van der Waals surface area contributed by atoms with Crippen molar-refractivity contribution in [2.45, 2.75) is 0 Å². The van der Waals surface area contributed by atoms with Crippen molar-refractivity contribution in [3.63, 3.8) is 0 Å². The van der Waals surface area contributed by atoms with E-state index in [9.17, 15) is 19.8 Å². The van der Waals surface area contributed by atoms with Gasteiger partial charge in [0, 0.05) is 11.3 Å². The lowest BCUT2D eigenvalue weighted by Gasteiger charge is -2.20. The summed E-state index contributed by atoms with van der Waals surface area (Å²) in [6.07, 6.45) is 0. The Morgan fingerprint density at radius 2 is 1.47 bits per heavy atom. The maximum Gasteiger partial charge on any atom is 0.200 e.